The number of hydrogen-bond acceptors (Lipinski definition) is 2. The minimum atomic E-state index is -4.28. The first-order valence-electron chi connectivity index (χ1n) is 7.98. The quantitative estimate of drug-likeness (QED) is 0.856. The molecular weight excluding hydrogens is 289 g/mol. The SMILES string of the molecule is CC(C)CCN(Cc1ccccc1C(F)(F)F)[C@H]1CCNC1. The van der Waals surface area contributed by atoms with Crippen LogP contribution in [-0.4, -0.2) is 30.6 Å². The van der Waals surface area contributed by atoms with Crippen LogP contribution in [0.25, 0.3) is 0 Å². The molecule has 1 aromatic carbocycles. The standard InChI is InChI=1S/C17H25F3N2/c1-13(2)8-10-22(15-7-9-21-11-15)12-14-5-3-4-6-16(14)17(18,19)20/h3-6,13,15,21H,7-12H2,1-2H3/t15-/m0/s1. The van der Waals surface area contributed by atoms with Gasteiger partial charge in [-0.25, -0.2) is 0 Å². The van der Waals surface area contributed by atoms with Crippen molar-refractivity contribution in [1.82, 2.24) is 10.2 Å². The van der Waals surface area contributed by atoms with Crippen molar-refractivity contribution < 1.29 is 13.2 Å². The normalized spacial score (nSPS) is 19.3. The minimum absolute atomic E-state index is 0.333. The Morgan fingerprint density at radius 1 is 1.27 bits per heavy atom. The van der Waals surface area contributed by atoms with Crippen molar-refractivity contribution >= 4 is 0 Å². The smallest absolute Gasteiger partial charge is 0.315 e. The molecule has 1 fully saturated rings. The molecule has 0 spiro atoms. The first-order chi connectivity index (χ1) is 10.4. The van der Waals surface area contributed by atoms with Gasteiger partial charge in [0.2, 0.25) is 0 Å². The Morgan fingerprint density at radius 2 is 2.00 bits per heavy atom. The van der Waals surface area contributed by atoms with Crippen molar-refractivity contribution in [3.8, 4) is 0 Å². The number of nitrogens with one attached hydrogen (secondary N) is 1. The second-order valence-corrected chi connectivity index (χ2v) is 6.45. The van der Waals surface area contributed by atoms with Crippen molar-refractivity contribution in [3.05, 3.63) is 35.4 Å². The van der Waals surface area contributed by atoms with E-state index in [1.165, 1.54) is 12.1 Å². The molecule has 5 heteroatoms. The molecule has 1 N–H and O–H groups in total. The molecule has 0 amide bonds. The third-order valence-electron chi connectivity index (χ3n) is 4.24. The summed E-state index contributed by atoms with van der Waals surface area (Å²) in [4.78, 5) is 2.21. The lowest BCUT2D eigenvalue weighted by Gasteiger charge is -2.30. The molecule has 124 valence electrons. The first kappa shape index (κ1) is 17.3. The number of alkyl halides is 3. The molecular formula is C17H25F3N2. The Balaban J connectivity index is 2.15. The van der Waals surface area contributed by atoms with Crippen LogP contribution < -0.4 is 5.32 Å². The summed E-state index contributed by atoms with van der Waals surface area (Å²) in [6.45, 7) is 7.32. The van der Waals surface area contributed by atoms with Gasteiger partial charge in [-0.2, -0.15) is 13.2 Å². The Kier molecular flexibility index (Phi) is 5.87. The van der Waals surface area contributed by atoms with Crippen molar-refractivity contribution in [3.63, 3.8) is 0 Å². The third kappa shape index (κ3) is 4.71. The molecule has 2 nitrogen and oxygen atoms in total. The fourth-order valence-electron chi connectivity index (χ4n) is 2.92. The van der Waals surface area contributed by atoms with E-state index in [9.17, 15) is 13.2 Å². The number of rotatable bonds is 6. The fraction of sp³-hybridized carbons (Fsp3) is 0.647. The van der Waals surface area contributed by atoms with E-state index in [0.29, 0.717) is 24.1 Å². The molecule has 0 bridgehead atoms. The number of halogens is 3. The first-order valence-corrected chi connectivity index (χ1v) is 7.98. The lowest BCUT2D eigenvalue weighted by atomic mass is 10.0. The van der Waals surface area contributed by atoms with Crippen LogP contribution in [0.4, 0.5) is 13.2 Å². The van der Waals surface area contributed by atoms with E-state index in [2.05, 4.69) is 24.1 Å². The zero-order chi connectivity index (χ0) is 16.2. The summed E-state index contributed by atoms with van der Waals surface area (Å²) in [5, 5.41) is 3.31. The summed E-state index contributed by atoms with van der Waals surface area (Å²) < 4.78 is 39.5. The maximum Gasteiger partial charge on any atom is 0.416 e. The van der Waals surface area contributed by atoms with Crippen molar-refractivity contribution in [2.75, 3.05) is 19.6 Å². The summed E-state index contributed by atoms with van der Waals surface area (Å²) in [7, 11) is 0. The molecule has 0 radical (unpaired) electrons. The van der Waals surface area contributed by atoms with Crippen LogP contribution in [0.1, 0.15) is 37.8 Å². The summed E-state index contributed by atoms with van der Waals surface area (Å²) in [6.07, 6.45) is -2.27. The highest BCUT2D eigenvalue weighted by Crippen LogP contribution is 2.32. The predicted octanol–water partition coefficient (Wildman–Crippen LogP) is 3.92. The molecule has 0 saturated carbocycles. The van der Waals surface area contributed by atoms with Crippen LogP contribution in [-0.2, 0) is 12.7 Å². The van der Waals surface area contributed by atoms with E-state index < -0.39 is 11.7 Å². The summed E-state index contributed by atoms with van der Waals surface area (Å²) in [5.74, 6) is 0.551. The van der Waals surface area contributed by atoms with Gasteiger partial charge in [0, 0.05) is 19.1 Å². The Hall–Kier alpha value is -1.07. The van der Waals surface area contributed by atoms with E-state index in [4.69, 9.17) is 0 Å². The molecule has 1 aliphatic rings. The second kappa shape index (κ2) is 7.47. The molecule has 1 saturated heterocycles. The van der Waals surface area contributed by atoms with Crippen molar-refractivity contribution in [2.45, 2.75) is 45.5 Å². The van der Waals surface area contributed by atoms with E-state index in [1.54, 1.807) is 12.1 Å². The average molecular weight is 314 g/mol. The molecule has 1 heterocycles. The van der Waals surface area contributed by atoms with Crippen molar-refractivity contribution in [2.24, 2.45) is 5.92 Å². The van der Waals surface area contributed by atoms with E-state index in [-0.39, 0.29) is 0 Å². The topological polar surface area (TPSA) is 15.3 Å². The molecule has 2 rings (SSSR count). The minimum Gasteiger partial charge on any atom is -0.315 e. The van der Waals surface area contributed by atoms with Gasteiger partial charge in [-0.05, 0) is 43.5 Å². The zero-order valence-electron chi connectivity index (χ0n) is 13.3. The highest BCUT2D eigenvalue weighted by molar-refractivity contribution is 5.29. The van der Waals surface area contributed by atoms with Gasteiger partial charge in [0.25, 0.3) is 0 Å². The summed E-state index contributed by atoms with van der Waals surface area (Å²) in [6, 6.07) is 6.27. The Morgan fingerprint density at radius 3 is 2.59 bits per heavy atom. The van der Waals surface area contributed by atoms with E-state index >= 15 is 0 Å². The monoisotopic (exact) mass is 314 g/mol. The molecule has 22 heavy (non-hydrogen) atoms. The largest absolute Gasteiger partial charge is 0.416 e. The van der Waals surface area contributed by atoms with Gasteiger partial charge in [-0.1, -0.05) is 32.0 Å². The number of hydrogen-bond donors (Lipinski definition) is 1. The van der Waals surface area contributed by atoms with Crippen LogP contribution in [0.15, 0.2) is 24.3 Å². The summed E-state index contributed by atoms with van der Waals surface area (Å²) in [5.41, 5.74) is -0.124. The highest BCUT2D eigenvalue weighted by Gasteiger charge is 2.34. The number of nitrogens with zero attached hydrogens (tertiary/aromatic N) is 1. The number of benzene rings is 1. The maximum atomic E-state index is 13.2. The molecule has 1 atom stereocenters. The lowest BCUT2D eigenvalue weighted by molar-refractivity contribution is -0.138. The van der Waals surface area contributed by atoms with Crippen LogP contribution in [0, 0.1) is 5.92 Å². The van der Waals surface area contributed by atoms with Crippen molar-refractivity contribution in [1.29, 1.82) is 0 Å². The van der Waals surface area contributed by atoms with Crippen LogP contribution in [0.3, 0.4) is 0 Å². The zero-order valence-corrected chi connectivity index (χ0v) is 13.3. The van der Waals surface area contributed by atoms with Gasteiger partial charge in [0.1, 0.15) is 0 Å². The lowest BCUT2D eigenvalue weighted by Crippen LogP contribution is -2.38. The Bertz CT molecular complexity index is 465. The van der Waals surface area contributed by atoms with Crippen LogP contribution in [0.5, 0.6) is 0 Å². The third-order valence-corrected chi connectivity index (χ3v) is 4.24. The fourth-order valence-corrected chi connectivity index (χ4v) is 2.92. The Labute approximate surface area is 130 Å². The van der Waals surface area contributed by atoms with Gasteiger partial charge in [0.05, 0.1) is 5.56 Å². The molecule has 0 aromatic heterocycles. The van der Waals surface area contributed by atoms with E-state index in [1.807, 2.05) is 0 Å². The molecule has 0 unspecified atom stereocenters. The summed E-state index contributed by atoms with van der Waals surface area (Å²) >= 11 is 0. The van der Waals surface area contributed by atoms with Gasteiger partial charge < -0.3 is 5.32 Å². The van der Waals surface area contributed by atoms with Crippen LogP contribution in [0.2, 0.25) is 0 Å². The molecule has 0 aliphatic carbocycles. The van der Waals surface area contributed by atoms with Gasteiger partial charge in [-0.15, -0.1) is 0 Å². The van der Waals surface area contributed by atoms with Gasteiger partial charge in [0.15, 0.2) is 0 Å². The molecule has 1 aromatic rings. The average Bonchev–Trinajstić information content (AvgIpc) is 2.96. The molecule has 1 aliphatic heterocycles. The van der Waals surface area contributed by atoms with Crippen LogP contribution >= 0.6 is 0 Å². The van der Waals surface area contributed by atoms with E-state index in [0.717, 1.165) is 32.5 Å². The predicted molar refractivity (Wildman–Crippen MR) is 82.6 cm³/mol. The second-order valence-electron chi connectivity index (χ2n) is 6.45. The maximum absolute atomic E-state index is 13.2. The van der Waals surface area contributed by atoms with Gasteiger partial charge >= 0.3 is 6.18 Å². The highest BCUT2D eigenvalue weighted by atomic mass is 19.4. The van der Waals surface area contributed by atoms with Gasteiger partial charge in [-0.3, -0.25) is 4.90 Å².